The highest BCUT2D eigenvalue weighted by Gasteiger charge is 2.21. The third kappa shape index (κ3) is 2.61. The summed E-state index contributed by atoms with van der Waals surface area (Å²) in [5.74, 6) is 1.34. The Morgan fingerprint density at radius 2 is 2.11 bits per heavy atom. The van der Waals surface area contributed by atoms with Crippen LogP contribution in [0.4, 0.5) is 5.95 Å². The molecule has 0 bridgehead atoms. The van der Waals surface area contributed by atoms with Gasteiger partial charge in [-0.15, -0.1) is 10.2 Å². The molecule has 0 fully saturated rings. The number of benzene rings is 1. The van der Waals surface area contributed by atoms with E-state index in [4.69, 9.17) is 0 Å². The lowest BCUT2D eigenvalue weighted by Gasteiger charge is -2.17. The zero-order valence-electron chi connectivity index (χ0n) is 9.97. The van der Waals surface area contributed by atoms with Crippen LogP contribution < -0.4 is 0 Å². The number of nitrogens with zero attached hydrogens (tertiary/aromatic N) is 4. The Bertz CT molecular complexity index is 609. The summed E-state index contributed by atoms with van der Waals surface area (Å²) in [6.07, 6.45) is 1.26. The number of phenols is 1. The predicted octanol–water partition coefficient (Wildman–Crippen LogP) is 1.20. The van der Waals surface area contributed by atoms with E-state index in [1.54, 1.807) is 35.0 Å². The van der Waals surface area contributed by atoms with E-state index >= 15 is 0 Å². The molecular weight excluding hydrogens is 264 g/mol. The summed E-state index contributed by atoms with van der Waals surface area (Å²) in [6.45, 7) is 0.470. The first-order chi connectivity index (χ1) is 9.22. The van der Waals surface area contributed by atoms with Crippen molar-refractivity contribution in [1.29, 1.82) is 0 Å². The van der Waals surface area contributed by atoms with Gasteiger partial charge in [-0.2, -0.15) is 0 Å². The fraction of sp³-hybridized carbons (Fsp3) is 0.250. The molecule has 0 unspecified atom stereocenters. The molecule has 0 amide bonds. The summed E-state index contributed by atoms with van der Waals surface area (Å²) in [5.41, 5.74) is 0.860. The number of phenolic OH excluding ortho intramolecular Hbond substituents is 1. The van der Waals surface area contributed by atoms with Gasteiger partial charge in [0.1, 0.15) is 5.75 Å². The number of aromatic nitrogens is 3. The molecular formula is C12H12N4O2S. The van der Waals surface area contributed by atoms with Crippen LogP contribution in [0.3, 0.4) is 0 Å². The van der Waals surface area contributed by atoms with E-state index in [9.17, 15) is 10.2 Å². The molecule has 0 saturated heterocycles. The first-order valence-corrected chi connectivity index (χ1v) is 6.78. The van der Waals surface area contributed by atoms with Gasteiger partial charge in [-0.25, -0.2) is 4.99 Å². The molecule has 1 aromatic carbocycles. The molecule has 0 aliphatic carbocycles. The van der Waals surface area contributed by atoms with Crippen LogP contribution in [0.5, 0.6) is 5.75 Å². The summed E-state index contributed by atoms with van der Waals surface area (Å²) in [5, 5.41) is 27.6. The van der Waals surface area contributed by atoms with Gasteiger partial charge < -0.3 is 10.2 Å². The summed E-state index contributed by atoms with van der Waals surface area (Å²) < 4.78 is 1.80. The minimum absolute atomic E-state index is 0.219. The Labute approximate surface area is 113 Å². The number of fused-ring (bicyclic) bond motifs is 1. The lowest BCUT2D eigenvalue weighted by molar-refractivity contribution is 0.171. The molecule has 2 N–H and O–H groups in total. The van der Waals surface area contributed by atoms with E-state index in [0.29, 0.717) is 18.2 Å². The summed E-state index contributed by atoms with van der Waals surface area (Å²) in [6, 6.07) is 6.71. The average Bonchev–Trinajstić information content (AvgIpc) is 2.80. The van der Waals surface area contributed by atoms with E-state index in [2.05, 4.69) is 15.2 Å². The van der Waals surface area contributed by atoms with Crippen molar-refractivity contribution in [3.63, 3.8) is 0 Å². The van der Waals surface area contributed by atoms with Crippen LogP contribution in [0.25, 0.3) is 0 Å². The number of aliphatic hydroxyl groups excluding tert-OH is 1. The molecule has 1 aliphatic heterocycles. The number of thioether (sulfide) groups is 1. The first kappa shape index (κ1) is 12.2. The molecule has 7 heteroatoms. The molecule has 98 valence electrons. The van der Waals surface area contributed by atoms with Gasteiger partial charge in [0.05, 0.1) is 12.6 Å². The molecule has 1 aromatic heterocycles. The van der Waals surface area contributed by atoms with Gasteiger partial charge in [0, 0.05) is 12.0 Å². The van der Waals surface area contributed by atoms with Gasteiger partial charge in [0.25, 0.3) is 5.95 Å². The van der Waals surface area contributed by atoms with Crippen LogP contribution in [0.1, 0.15) is 5.56 Å². The second kappa shape index (κ2) is 5.02. The van der Waals surface area contributed by atoms with Gasteiger partial charge in [-0.05, 0) is 29.8 Å². The maximum atomic E-state index is 9.64. The van der Waals surface area contributed by atoms with Crippen molar-refractivity contribution in [2.45, 2.75) is 17.8 Å². The third-order valence-corrected chi connectivity index (χ3v) is 3.83. The van der Waals surface area contributed by atoms with Crippen molar-refractivity contribution in [3.05, 3.63) is 29.8 Å². The molecule has 2 aromatic rings. The number of rotatable bonds is 2. The van der Waals surface area contributed by atoms with Crippen LogP contribution in [0.15, 0.2) is 34.4 Å². The van der Waals surface area contributed by atoms with Gasteiger partial charge in [-0.1, -0.05) is 11.8 Å². The maximum absolute atomic E-state index is 9.64. The smallest absolute Gasteiger partial charge is 0.251 e. The van der Waals surface area contributed by atoms with Crippen molar-refractivity contribution < 1.29 is 10.2 Å². The van der Waals surface area contributed by atoms with Gasteiger partial charge in [0.15, 0.2) is 5.16 Å². The largest absolute Gasteiger partial charge is 0.508 e. The Balaban J connectivity index is 1.84. The van der Waals surface area contributed by atoms with Crippen molar-refractivity contribution in [2.24, 2.45) is 4.99 Å². The number of aliphatic imine (C=N–C) groups is 1. The lowest BCUT2D eigenvalue weighted by Crippen LogP contribution is -2.23. The molecule has 19 heavy (non-hydrogen) atoms. The molecule has 6 nitrogen and oxygen atoms in total. The second-order valence-electron chi connectivity index (χ2n) is 4.21. The topological polar surface area (TPSA) is 83.5 Å². The van der Waals surface area contributed by atoms with Crippen LogP contribution >= 0.6 is 11.8 Å². The van der Waals surface area contributed by atoms with E-state index in [1.807, 2.05) is 0 Å². The summed E-state index contributed by atoms with van der Waals surface area (Å²) in [7, 11) is 0. The SMILES string of the molecule is Oc1ccc(/C=N/c2nnc3n2C[C@H](O)CS3)cc1. The summed E-state index contributed by atoms with van der Waals surface area (Å²) in [4.78, 5) is 4.27. The van der Waals surface area contributed by atoms with Crippen molar-refractivity contribution in [3.8, 4) is 5.75 Å². The highest BCUT2D eigenvalue weighted by Crippen LogP contribution is 2.26. The fourth-order valence-corrected chi connectivity index (χ4v) is 2.63. The van der Waals surface area contributed by atoms with Crippen LogP contribution in [-0.2, 0) is 6.54 Å². The Morgan fingerprint density at radius 3 is 2.89 bits per heavy atom. The molecule has 1 aliphatic rings. The molecule has 3 rings (SSSR count). The normalized spacial score (nSPS) is 18.7. The van der Waals surface area contributed by atoms with Gasteiger partial charge in [0.2, 0.25) is 0 Å². The third-order valence-electron chi connectivity index (χ3n) is 2.72. The standard InChI is InChI=1S/C12H12N4O2S/c17-9-3-1-8(2-4-9)5-13-11-14-15-12-16(11)6-10(18)7-19-12/h1-5,10,17-18H,6-7H2/b13-5+/t10-/m0/s1. The quantitative estimate of drug-likeness (QED) is 0.805. The van der Waals surface area contributed by atoms with E-state index < -0.39 is 6.10 Å². The minimum atomic E-state index is -0.392. The number of aliphatic hydroxyl groups is 1. The Hall–Kier alpha value is -1.86. The predicted molar refractivity (Wildman–Crippen MR) is 72.1 cm³/mol. The van der Waals surface area contributed by atoms with E-state index in [0.717, 1.165) is 10.7 Å². The van der Waals surface area contributed by atoms with Crippen molar-refractivity contribution in [2.75, 3.05) is 5.75 Å². The first-order valence-electron chi connectivity index (χ1n) is 5.79. The highest BCUT2D eigenvalue weighted by atomic mass is 32.2. The fourth-order valence-electron chi connectivity index (χ4n) is 1.77. The zero-order chi connectivity index (χ0) is 13.2. The number of aromatic hydroxyl groups is 1. The van der Waals surface area contributed by atoms with Crippen molar-refractivity contribution in [1.82, 2.24) is 14.8 Å². The van der Waals surface area contributed by atoms with E-state index in [1.165, 1.54) is 11.8 Å². The minimum Gasteiger partial charge on any atom is -0.508 e. The number of hydrogen-bond donors (Lipinski definition) is 2. The molecule has 1 atom stereocenters. The molecule has 2 heterocycles. The highest BCUT2D eigenvalue weighted by molar-refractivity contribution is 7.99. The van der Waals surface area contributed by atoms with Crippen LogP contribution in [0, 0.1) is 0 Å². The van der Waals surface area contributed by atoms with Gasteiger partial charge in [-0.3, -0.25) is 4.57 Å². The zero-order valence-corrected chi connectivity index (χ0v) is 10.8. The van der Waals surface area contributed by atoms with Crippen LogP contribution in [0.2, 0.25) is 0 Å². The summed E-state index contributed by atoms with van der Waals surface area (Å²) >= 11 is 1.47. The maximum Gasteiger partial charge on any atom is 0.251 e. The number of hydrogen-bond acceptors (Lipinski definition) is 6. The molecule has 0 radical (unpaired) electrons. The molecule has 0 saturated carbocycles. The second-order valence-corrected chi connectivity index (χ2v) is 5.19. The van der Waals surface area contributed by atoms with Gasteiger partial charge >= 0.3 is 0 Å². The van der Waals surface area contributed by atoms with Crippen LogP contribution in [-0.4, -0.2) is 43.0 Å². The van der Waals surface area contributed by atoms with E-state index in [-0.39, 0.29) is 5.75 Å². The average molecular weight is 276 g/mol. The molecule has 0 spiro atoms. The Kier molecular flexibility index (Phi) is 3.22. The lowest BCUT2D eigenvalue weighted by atomic mass is 10.2. The van der Waals surface area contributed by atoms with Crippen molar-refractivity contribution >= 4 is 23.9 Å². The Morgan fingerprint density at radius 1 is 1.32 bits per heavy atom. The monoisotopic (exact) mass is 276 g/mol.